The molecule has 1 saturated carbocycles. The number of carbonyl (C=O) groups excluding carboxylic acids is 2. The molecule has 1 aromatic carbocycles. The largest absolute Gasteiger partial charge is 0.374 e. The molecule has 2 fully saturated rings. The van der Waals surface area contributed by atoms with Gasteiger partial charge in [0.15, 0.2) is 0 Å². The summed E-state index contributed by atoms with van der Waals surface area (Å²) in [6.07, 6.45) is 4.53. The number of hydrogen-bond donors (Lipinski definition) is 1. The van der Waals surface area contributed by atoms with Gasteiger partial charge in [0.25, 0.3) is 5.91 Å². The van der Waals surface area contributed by atoms with Gasteiger partial charge in [-0.1, -0.05) is 31.0 Å². The minimum absolute atomic E-state index is 0.00974. The Bertz CT molecular complexity index is 530. The van der Waals surface area contributed by atoms with E-state index < -0.39 is 0 Å². The molecule has 22 heavy (non-hydrogen) atoms. The molecule has 1 heterocycles. The van der Waals surface area contributed by atoms with E-state index in [2.05, 4.69) is 5.32 Å². The molecule has 0 radical (unpaired) electrons. The predicted molar refractivity (Wildman–Crippen MR) is 82.5 cm³/mol. The summed E-state index contributed by atoms with van der Waals surface area (Å²) in [6, 6.07) is 9.15. The molecule has 1 aromatic rings. The maximum atomic E-state index is 12.4. The van der Waals surface area contributed by atoms with Gasteiger partial charge in [-0.25, -0.2) is 0 Å². The standard InChI is InChI=1S/C17H22N2O3/c20-16(12-18-17(21)13-6-2-1-3-7-13)19-10-11-22-15-9-5-4-8-14(15)19/h1-3,6-7,14-15H,4-5,8-12H2,(H,18,21)/t14-,15+/m1/s1. The van der Waals surface area contributed by atoms with Crippen LogP contribution in [0.1, 0.15) is 36.0 Å². The smallest absolute Gasteiger partial charge is 0.251 e. The number of rotatable bonds is 3. The van der Waals surface area contributed by atoms with Crippen LogP contribution in [-0.2, 0) is 9.53 Å². The van der Waals surface area contributed by atoms with Crippen molar-refractivity contribution in [3.8, 4) is 0 Å². The van der Waals surface area contributed by atoms with Crippen molar-refractivity contribution in [2.24, 2.45) is 0 Å². The number of ether oxygens (including phenoxy) is 1. The van der Waals surface area contributed by atoms with Gasteiger partial charge in [-0.15, -0.1) is 0 Å². The highest BCUT2D eigenvalue weighted by Gasteiger charge is 2.36. The van der Waals surface area contributed by atoms with Crippen LogP contribution in [0.3, 0.4) is 0 Å². The van der Waals surface area contributed by atoms with Crippen LogP contribution in [0.2, 0.25) is 0 Å². The molecule has 1 saturated heterocycles. The van der Waals surface area contributed by atoms with E-state index in [4.69, 9.17) is 4.74 Å². The van der Waals surface area contributed by atoms with Crippen molar-refractivity contribution in [2.75, 3.05) is 19.7 Å². The first-order chi connectivity index (χ1) is 10.8. The number of benzene rings is 1. The number of amides is 2. The number of hydrogen-bond acceptors (Lipinski definition) is 3. The van der Waals surface area contributed by atoms with Crippen LogP contribution in [0.25, 0.3) is 0 Å². The number of fused-ring (bicyclic) bond motifs is 1. The van der Waals surface area contributed by atoms with E-state index in [1.807, 2.05) is 23.1 Å². The van der Waals surface area contributed by atoms with Crippen LogP contribution in [0.4, 0.5) is 0 Å². The molecule has 118 valence electrons. The molecule has 3 rings (SSSR count). The van der Waals surface area contributed by atoms with Crippen LogP contribution >= 0.6 is 0 Å². The fourth-order valence-corrected chi connectivity index (χ4v) is 3.36. The first-order valence-corrected chi connectivity index (χ1v) is 8.00. The zero-order valence-electron chi connectivity index (χ0n) is 12.7. The van der Waals surface area contributed by atoms with Crippen LogP contribution in [0.5, 0.6) is 0 Å². The van der Waals surface area contributed by atoms with E-state index >= 15 is 0 Å². The summed E-state index contributed by atoms with van der Waals surface area (Å²) in [7, 11) is 0. The Kier molecular flexibility index (Phi) is 4.73. The number of nitrogens with zero attached hydrogens (tertiary/aromatic N) is 1. The summed E-state index contributed by atoms with van der Waals surface area (Å²) in [5.74, 6) is -0.216. The number of nitrogens with one attached hydrogen (secondary N) is 1. The highest BCUT2D eigenvalue weighted by molar-refractivity contribution is 5.96. The Morgan fingerprint density at radius 1 is 1.18 bits per heavy atom. The van der Waals surface area contributed by atoms with E-state index in [1.54, 1.807) is 12.1 Å². The molecule has 0 aromatic heterocycles. The van der Waals surface area contributed by atoms with E-state index in [1.165, 1.54) is 6.42 Å². The molecule has 2 amide bonds. The Hall–Kier alpha value is -1.88. The van der Waals surface area contributed by atoms with Crippen LogP contribution in [0.15, 0.2) is 30.3 Å². The summed E-state index contributed by atoms with van der Waals surface area (Å²) in [5.41, 5.74) is 0.577. The second kappa shape index (κ2) is 6.92. The lowest BCUT2D eigenvalue weighted by Crippen LogP contribution is -2.56. The highest BCUT2D eigenvalue weighted by Crippen LogP contribution is 2.28. The second-order valence-corrected chi connectivity index (χ2v) is 5.90. The van der Waals surface area contributed by atoms with E-state index in [0.717, 1.165) is 19.3 Å². The van der Waals surface area contributed by atoms with Gasteiger partial charge in [-0.3, -0.25) is 9.59 Å². The Morgan fingerprint density at radius 3 is 2.77 bits per heavy atom. The average molecular weight is 302 g/mol. The molecule has 2 aliphatic rings. The minimum atomic E-state index is -0.206. The van der Waals surface area contributed by atoms with Gasteiger partial charge in [0.2, 0.25) is 5.91 Å². The third-order valence-electron chi connectivity index (χ3n) is 4.49. The molecule has 1 aliphatic carbocycles. The molecule has 1 N–H and O–H groups in total. The fraction of sp³-hybridized carbons (Fsp3) is 0.529. The third-order valence-corrected chi connectivity index (χ3v) is 4.49. The van der Waals surface area contributed by atoms with Crippen molar-refractivity contribution in [1.29, 1.82) is 0 Å². The summed E-state index contributed by atoms with van der Waals surface area (Å²) in [6.45, 7) is 1.28. The summed E-state index contributed by atoms with van der Waals surface area (Å²) in [5, 5.41) is 2.72. The van der Waals surface area contributed by atoms with Crippen LogP contribution in [0, 0.1) is 0 Å². The first kappa shape index (κ1) is 15.0. The SMILES string of the molecule is O=C(NCC(=O)N1CCO[C@H]2CCCC[C@H]21)c1ccccc1. The van der Waals surface area contributed by atoms with Gasteiger partial charge >= 0.3 is 0 Å². The molecule has 5 heteroatoms. The minimum Gasteiger partial charge on any atom is -0.374 e. The van der Waals surface area contributed by atoms with Gasteiger partial charge in [-0.05, 0) is 25.0 Å². The first-order valence-electron chi connectivity index (χ1n) is 8.00. The molecular formula is C17H22N2O3. The molecule has 0 bridgehead atoms. The summed E-state index contributed by atoms with van der Waals surface area (Å²) >= 11 is 0. The Morgan fingerprint density at radius 2 is 1.95 bits per heavy atom. The lowest BCUT2D eigenvalue weighted by atomic mass is 9.90. The van der Waals surface area contributed by atoms with E-state index in [0.29, 0.717) is 18.7 Å². The molecule has 0 spiro atoms. The molecule has 5 nitrogen and oxygen atoms in total. The summed E-state index contributed by atoms with van der Waals surface area (Å²) < 4.78 is 5.78. The van der Waals surface area contributed by atoms with Gasteiger partial charge in [-0.2, -0.15) is 0 Å². The number of carbonyl (C=O) groups is 2. The maximum Gasteiger partial charge on any atom is 0.251 e. The zero-order valence-corrected chi connectivity index (χ0v) is 12.7. The molecule has 1 aliphatic heterocycles. The lowest BCUT2D eigenvalue weighted by molar-refractivity contribution is -0.148. The third kappa shape index (κ3) is 3.30. The van der Waals surface area contributed by atoms with Crippen molar-refractivity contribution < 1.29 is 14.3 Å². The van der Waals surface area contributed by atoms with Gasteiger partial charge in [0.1, 0.15) is 0 Å². The van der Waals surface area contributed by atoms with E-state index in [9.17, 15) is 9.59 Å². The monoisotopic (exact) mass is 302 g/mol. The topological polar surface area (TPSA) is 58.6 Å². The Balaban J connectivity index is 1.56. The summed E-state index contributed by atoms with van der Waals surface area (Å²) in [4.78, 5) is 26.4. The maximum absolute atomic E-state index is 12.4. The van der Waals surface area contributed by atoms with Crippen LogP contribution in [-0.4, -0.2) is 48.6 Å². The number of morpholine rings is 1. The predicted octanol–water partition coefficient (Wildman–Crippen LogP) is 1.59. The van der Waals surface area contributed by atoms with Crippen molar-refractivity contribution in [1.82, 2.24) is 10.2 Å². The van der Waals surface area contributed by atoms with Gasteiger partial charge in [0.05, 0.1) is 25.3 Å². The molecular weight excluding hydrogens is 280 g/mol. The molecule has 0 unspecified atom stereocenters. The Labute approximate surface area is 130 Å². The van der Waals surface area contributed by atoms with Crippen molar-refractivity contribution in [3.63, 3.8) is 0 Å². The molecule has 2 atom stereocenters. The average Bonchev–Trinajstić information content (AvgIpc) is 2.59. The second-order valence-electron chi connectivity index (χ2n) is 5.90. The highest BCUT2D eigenvalue weighted by atomic mass is 16.5. The van der Waals surface area contributed by atoms with Gasteiger partial charge < -0.3 is 15.0 Å². The van der Waals surface area contributed by atoms with Crippen molar-refractivity contribution >= 4 is 11.8 Å². The van der Waals surface area contributed by atoms with Crippen molar-refractivity contribution in [3.05, 3.63) is 35.9 Å². The normalized spacial score (nSPS) is 24.5. The lowest BCUT2D eigenvalue weighted by Gasteiger charge is -2.43. The van der Waals surface area contributed by atoms with E-state index in [-0.39, 0.29) is 30.5 Å². The van der Waals surface area contributed by atoms with Crippen LogP contribution < -0.4 is 5.32 Å². The van der Waals surface area contributed by atoms with Crippen molar-refractivity contribution in [2.45, 2.75) is 37.8 Å². The fourth-order valence-electron chi connectivity index (χ4n) is 3.36. The van der Waals surface area contributed by atoms with Gasteiger partial charge in [0, 0.05) is 12.1 Å². The quantitative estimate of drug-likeness (QED) is 0.922. The zero-order chi connectivity index (χ0) is 15.4.